The summed E-state index contributed by atoms with van der Waals surface area (Å²) >= 11 is 6.46. The number of amides is 1. The van der Waals surface area contributed by atoms with E-state index in [4.69, 9.17) is 11.6 Å². The second-order valence-corrected chi connectivity index (χ2v) is 9.88. The Kier molecular flexibility index (Phi) is 5.69. The van der Waals surface area contributed by atoms with Crippen LogP contribution in [0.2, 0.25) is 5.02 Å². The van der Waals surface area contributed by atoms with Crippen molar-refractivity contribution in [3.8, 4) is 0 Å². The van der Waals surface area contributed by atoms with E-state index in [9.17, 15) is 13.2 Å². The minimum Gasteiger partial charge on any atom is -0.370 e. The molecule has 2 aromatic rings. The summed E-state index contributed by atoms with van der Waals surface area (Å²) in [6, 6.07) is 12.2. The highest BCUT2D eigenvalue weighted by Crippen LogP contribution is 2.31. The zero-order chi connectivity index (χ0) is 20.4. The summed E-state index contributed by atoms with van der Waals surface area (Å²) in [4.78, 5) is 14.9. The molecule has 2 heterocycles. The maximum Gasteiger partial charge on any atom is 0.255 e. The van der Waals surface area contributed by atoms with Crippen LogP contribution in [0.5, 0.6) is 0 Å². The van der Waals surface area contributed by atoms with Gasteiger partial charge in [0.05, 0.1) is 22.2 Å². The molecule has 154 valence electrons. The minimum atomic E-state index is -3.23. The number of hydrogen-bond acceptors (Lipinski definition) is 4. The largest absolute Gasteiger partial charge is 0.370 e. The standard InChI is InChI=1S/C21H24ClN3O3S/c22-19-15-17(7-10-20(19)24-11-2-1-3-12-24)23-21(26)16-5-8-18(9-6-16)25-13-4-14-29(25,27)28/h5-10,15H,1-4,11-14H2,(H,23,26). The van der Waals surface area contributed by atoms with Crippen molar-refractivity contribution in [3.05, 3.63) is 53.1 Å². The second kappa shape index (κ2) is 8.24. The van der Waals surface area contributed by atoms with Crippen LogP contribution in [0.1, 0.15) is 36.0 Å². The van der Waals surface area contributed by atoms with Crippen LogP contribution in [0.15, 0.2) is 42.5 Å². The van der Waals surface area contributed by atoms with Gasteiger partial charge < -0.3 is 10.2 Å². The highest BCUT2D eigenvalue weighted by molar-refractivity contribution is 7.93. The Morgan fingerprint density at radius 1 is 0.931 bits per heavy atom. The van der Waals surface area contributed by atoms with E-state index in [1.165, 1.54) is 23.6 Å². The van der Waals surface area contributed by atoms with E-state index in [1.807, 2.05) is 12.1 Å². The molecule has 6 nitrogen and oxygen atoms in total. The molecule has 8 heteroatoms. The van der Waals surface area contributed by atoms with Crippen LogP contribution in [0, 0.1) is 0 Å². The van der Waals surface area contributed by atoms with Gasteiger partial charge in [-0.05, 0) is 68.1 Å². The molecule has 1 amide bonds. The van der Waals surface area contributed by atoms with Crippen molar-refractivity contribution in [1.82, 2.24) is 0 Å². The van der Waals surface area contributed by atoms with Crippen molar-refractivity contribution in [1.29, 1.82) is 0 Å². The lowest BCUT2D eigenvalue weighted by Crippen LogP contribution is -2.29. The van der Waals surface area contributed by atoms with Gasteiger partial charge in [-0.25, -0.2) is 8.42 Å². The Labute approximate surface area is 176 Å². The molecule has 0 aromatic heterocycles. The van der Waals surface area contributed by atoms with Gasteiger partial charge in [-0.2, -0.15) is 0 Å². The number of nitrogens with zero attached hydrogens (tertiary/aromatic N) is 2. The average molecular weight is 434 g/mol. The van der Waals surface area contributed by atoms with Gasteiger partial charge in [-0.15, -0.1) is 0 Å². The highest BCUT2D eigenvalue weighted by Gasteiger charge is 2.28. The molecule has 0 radical (unpaired) electrons. The van der Waals surface area contributed by atoms with E-state index >= 15 is 0 Å². The summed E-state index contributed by atoms with van der Waals surface area (Å²) in [6.45, 7) is 2.49. The molecule has 2 saturated heterocycles. The van der Waals surface area contributed by atoms with E-state index in [0.717, 1.165) is 18.8 Å². The van der Waals surface area contributed by atoms with E-state index in [0.29, 0.717) is 34.9 Å². The van der Waals surface area contributed by atoms with Crippen LogP contribution in [-0.4, -0.2) is 39.7 Å². The van der Waals surface area contributed by atoms with Crippen molar-refractivity contribution < 1.29 is 13.2 Å². The zero-order valence-electron chi connectivity index (χ0n) is 16.1. The number of piperidine rings is 1. The average Bonchev–Trinajstić information content (AvgIpc) is 3.08. The first-order valence-corrected chi connectivity index (χ1v) is 11.9. The van der Waals surface area contributed by atoms with Crippen molar-refractivity contribution >= 4 is 44.6 Å². The lowest BCUT2D eigenvalue weighted by atomic mass is 10.1. The molecule has 2 aromatic carbocycles. The predicted molar refractivity (Wildman–Crippen MR) is 118 cm³/mol. The molecule has 0 spiro atoms. The van der Waals surface area contributed by atoms with Gasteiger partial charge in [-0.3, -0.25) is 9.10 Å². The molecule has 2 aliphatic heterocycles. The molecule has 29 heavy (non-hydrogen) atoms. The third kappa shape index (κ3) is 4.36. The van der Waals surface area contributed by atoms with Gasteiger partial charge in [0.2, 0.25) is 10.0 Å². The number of benzene rings is 2. The van der Waals surface area contributed by atoms with Gasteiger partial charge in [0, 0.05) is 30.9 Å². The summed E-state index contributed by atoms with van der Waals surface area (Å²) in [5.41, 5.74) is 2.68. The molecule has 0 saturated carbocycles. The number of sulfonamides is 1. The highest BCUT2D eigenvalue weighted by atomic mass is 35.5. The van der Waals surface area contributed by atoms with E-state index in [-0.39, 0.29) is 11.7 Å². The monoisotopic (exact) mass is 433 g/mol. The van der Waals surface area contributed by atoms with Crippen LogP contribution >= 0.6 is 11.6 Å². The summed E-state index contributed by atoms with van der Waals surface area (Å²) in [6.07, 6.45) is 4.22. The molecule has 2 aliphatic rings. The Balaban J connectivity index is 1.44. The normalized spacial score (nSPS) is 18.7. The maximum atomic E-state index is 12.6. The van der Waals surface area contributed by atoms with Gasteiger partial charge in [0.25, 0.3) is 5.91 Å². The van der Waals surface area contributed by atoms with E-state index in [1.54, 1.807) is 30.3 Å². The number of anilines is 3. The van der Waals surface area contributed by atoms with Crippen LogP contribution in [-0.2, 0) is 10.0 Å². The zero-order valence-corrected chi connectivity index (χ0v) is 17.7. The van der Waals surface area contributed by atoms with Crippen LogP contribution in [0.3, 0.4) is 0 Å². The maximum absolute atomic E-state index is 12.6. The second-order valence-electron chi connectivity index (χ2n) is 7.46. The van der Waals surface area contributed by atoms with Gasteiger partial charge in [0.15, 0.2) is 0 Å². The van der Waals surface area contributed by atoms with E-state index in [2.05, 4.69) is 10.2 Å². The molecule has 0 bridgehead atoms. The predicted octanol–water partition coefficient (Wildman–Crippen LogP) is 4.12. The van der Waals surface area contributed by atoms with Crippen LogP contribution < -0.4 is 14.5 Å². The fourth-order valence-electron chi connectivity index (χ4n) is 3.89. The van der Waals surface area contributed by atoms with Gasteiger partial charge in [0.1, 0.15) is 0 Å². The molecular formula is C21H24ClN3O3S. The smallest absolute Gasteiger partial charge is 0.255 e. The molecule has 1 N–H and O–H groups in total. The molecule has 4 rings (SSSR count). The number of carbonyl (C=O) groups is 1. The Hall–Kier alpha value is -2.25. The van der Waals surface area contributed by atoms with Gasteiger partial charge in [-0.1, -0.05) is 11.6 Å². The summed E-state index contributed by atoms with van der Waals surface area (Å²) < 4.78 is 25.4. The number of nitrogens with one attached hydrogen (secondary N) is 1. The SMILES string of the molecule is O=C(Nc1ccc(N2CCCCC2)c(Cl)c1)c1ccc(N2CCCS2(=O)=O)cc1. The molecule has 2 fully saturated rings. The molecule has 0 unspecified atom stereocenters. The Morgan fingerprint density at radius 2 is 1.66 bits per heavy atom. The fourth-order valence-corrected chi connectivity index (χ4v) is 5.75. The first-order chi connectivity index (χ1) is 13.9. The third-order valence-electron chi connectivity index (χ3n) is 5.42. The van der Waals surface area contributed by atoms with Gasteiger partial charge >= 0.3 is 0 Å². The number of halogens is 1. The molecule has 0 aliphatic carbocycles. The first-order valence-electron chi connectivity index (χ1n) is 9.90. The fraction of sp³-hybridized carbons (Fsp3) is 0.381. The quantitative estimate of drug-likeness (QED) is 0.787. The Bertz CT molecular complexity index is 1000. The van der Waals surface area contributed by atoms with Crippen molar-refractivity contribution in [2.24, 2.45) is 0 Å². The number of hydrogen-bond donors (Lipinski definition) is 1. The summed E-state index contributed by atoms with van der Waals surface area (Å²) in [7, 11) is -3.23. The number of rotatable bonds is 4. The lowest BCUT2D eigenvalue weighted by Gasteiger charge is -2.29. The van der Waals surface area contributed by atoms with Crippen molar-refractivity contribution in [3.63, 3.8) is 0 Å². The van der Waals surface area contributed by atoms with Crippen LogP contribution in [0.4, 0.5) is 17.1 Å². The van der Waals surface area contributed by atoms with Crippen molar-refractivity contribution in [2.75, 3.05) is 39.9 Å². The Morgan fingerprint density at radius 3 is 2.28 bits per heavy atom. The molecular weight excluding hydrogens is 410 g/mol. The lowest BCUT2D eigenvalue weighted by molar-refractivity contribution is 0.102. The van der Waals surface area contributed by atoms with E-state index < -0.39 is 10.0 Å². The topological polar surface area (TPSA) is 69.7 Å². The third-order valence-corrected chi connectivity index (χ3v) is 7.59. The van der Waals surface area contributed by atoms with Crippen molar-refractivity contribution in [2.45, 2.75) is 25.7 Å². The number of carbonyl (C=O) groups excluding carboxylic acids is 1. The first kappa shape index (κ1) is 20.0. The minimum absolute atomic E-state index is 0.170. The summed E-state index contributed by atoms with van der Waals surface area (Å²) in [5.74, 6) is -0.0914. The molecule has 0 atom stereocenters. The summed E-state index contributed by atoms with van der Waals surface area (Å²) in [5, 5.41) is 3.49. The van der Waals surface area contributed by atoms with Crippen LogP contribution in [0.25, 0.3) is 0 Å².